The fourth-order valence-electron chi connectivity index (χ4n) is 3.03. The van der Waals surface area contributed by atoms with Crippen molar-refractivity contribution in [3.8, 4) is 0 Å². The number of hydrogen-bond acceptors (Lipinski definition) is 5. The van der Waals surface area contributed by atoms with Crippen LogP contribution < -0.4 is 11.1 Å². The first kappa shape index (κ1) is 19.7. The molecule has 138 valence electrons. The van der Waals surface area contributed by atoms with Gasteiger partial charge in [-0.3, -0.25) is 4.99 Å². The number of nitrogens with one attached hydrogen (secondary N) is 1. The fraction of sp³-hybridized carbons (Fsp3) is 0.286. The Morgan fingerprint density at radius 1 is 1.50 bits per heavy atom. The molecule has 5 nitrogen and oxygen atoms in total. The molecule has 1 heterocycles. The van der Waals surface area contributed by atoms with Crippen molar-refractivity contribution in [3.63, 3.8) is 0 Å². The lowest BCUT2D eigenvalue weighted by Crippen LogP contribution is -2.39. The SMILES string of the molecule is C=CN(C(=C)c1cccc(/N=C/C(O)CN)c1C)C1CCC(=C)NC1=C. The molecule has 2 rings (SSSR count). The summed E-state index contributed by atoms with van der Waals surface area (Å²) >= 11 is 0. The highest BCUT2D eigenvalue weighted by Crippen LogP contribution is 2.32. The molecule has 0 aliphatic carbocycles. The third kappa shape index (κ3) is 4.31. The van der Waals surface area contributed by atoms with E-state index in [1.807, 2.05) is 30.0 Å². The average Bonchev–Trinajstić information content (AvgIpc) is 2.62. The third-order valence-electron chi connectivity index (χ3n) is 4.55. The molecule has 26 heavy (non-hydrogen) atoms. The number of aliphatic hydroxyl groups excluding tert-OH is 1. The number of rotatable bonds is 7. The molecule has 1 aliphatic rings. The molecule has 0 spiro atoms. The normalized spacial score (nSPS) is 18.5. The average molecular weight is 352 g/mol. The van der Waals surface area contributed by atoms with E-state index in [2.05, 4.69) is 36.6 Å². The van der Waals surface area contributed by atoms with Crippen LogP contribution in [0.4, 0.5) is 5.69 Å². The van der Waals surface area contributed by atoms with Crippen LogP contribution in [0.1, 0.15) is 24.0 Å². The zero-order chi connectivity index (χ0) is 19.3. The van der Waals surface area contributed by atoms with Gasteiger partial charge in [-0.1, -0.05) is 38.4 Å². The molecule has 1 aliphatic heterocycles. The highest BCUT2D eigenvalue weighted by Gasteiger charge is 2.26. The summed E-state index contributed by atoms with van der Waals surface area (Å²) in [5.74, 6) is 0. The summed E-state index contributed by atoms with van der Waals surface area (Å²) in [4.78, 5) is 6.39. The molecule has 0 saturated carbocycles. The largest absolute Gasteiger partial charge is 0.386 e. The third-order valence-corrected chi connectivity index (χ3v) is 4.55. The van der Waals surface area contributed by atoms with Gasteiger partial charge in [0.25, 0.3) is 0 Å². The van der Waals surface area contributed by atoms with Crippen LogP contribution in [-0.4, -0.2) is 34.9 Å². The van der Waals surface area contributed by atoms with Crippen LogP contribution in [0, 0.1) is 6.92 Å². The number of piperidine rings is 1. The highest BCUT2D eigenvalue weighted by atomic mass is 16.3. The monoisotopic (exact) mass is 352 g/mol. The van der Waals surface area contributed by atoms with E-state index >= 15 is 0 Å². The second-order valence-electron chi connectivity index (χ2n) is 6.38. The second kappa shape index (κ2) is 8.65. The van der Waals surface area contributed by atoms with E-state index in [9.17, 15) is 5.11 Å². The predicted octanol–water partition coefficient (Wildman–Crippen LogP) is 3.21. The molecular weight excluding hydrogens is 324 g/mol. The van der Waals surface area contributed by atoms with E-state index in [0.717, 1.165) is 46.7 Å². The van der Waals surface area contributed by atoms with Crippen molar-refractivity contribution in [2.24, 2.45) is 10.7 Å². The smallest absolute Gasteiger partial charge is 0.101 e. The Morgan fingerprint density at radius 3 is 2.85 bits per heavy atom. The lowest BCUT2D eigenvalue weighted by Gasteiger charge is -2.37. The molecule has 0 amide bonds. The minimum absolute atomic E-state index is 0.0659. The van der Waals surface area contributed by atoms with Crippen molar-refractivity contribution >= 4 is 17.6 Å². The Balaban J connectivity index is 2.30. The number of aliphatic hydroxyl groups is 1. The molecule has 5 heteroatoms. The topological polar surface area (TPSA) is 73.9 Å². The van der Waals surface area contributed by atoms with E-state index in [-0.39, 0.29) is 12.6 Å². The minimum Gasteiger partial charge on any atom is -0.386 e. The molecule has 0 bridgehead atoms. The summed E-state index contributed by atoms with van der Waals surface area (Å²) in [5, 5.41) is 12.8. The highest BCUT2D eigenvalue weighted by molar-refractivity contribution is 5.74. The summed E-state index contributed by atoms with van der Waals surface area (Å²) < 4.78 is 0. The van der Waals surface area contributed by atoms with E-state index in [0.29, 0.717) is 0 Å². The van der Waals surface area contributed by atoms with Gasteiger partial charge in [0.15, 0.2) is 0 Å². The fourth-order valence-corrected chi connectivity index (χ4v) is 3.03. The van der Waals surface area contributed by atoms with Gasteiger partial charge in [-0.05, 0) is 37.6 Å². The lowest BCUT2D eigenvalue weighted by molar-refractivity contribution is 0.254. The molecule has 0 aromatic heterocycles. The number of nitrogens with zero attached hydrogens (tertiary/aromatic N) is 2. The van der Waals surface area contributed by atoms with Gasteiger partial charge in [-0.2, -0.15) is 0 Å². The zero-order valence-corrected chi connectivity index (χ0v) is 15.4. The van der Waals surface area contributed by atoms with Crippen LogP contribution in [0.5, 0.6) is 0 Å². The number of benzene rings is 1. The first-order valence-electron chi connectivity index (χ1n) is 8.64. The van der Waals surface area contributed by atoms with Crippen molar-refractivity contribution in [1.82, 2.24) is 10.2 Å². The maximum atomic E-state index is 9.60. The summed E-state index contributed by atoms with van der Waals surface area (Å²) in [6.07, 6.45) is 4.26. The molecule has 0 radical (unpaired) electrons. The van der Waals surface area contributed by atoms with Gasteiger partial charge >= 0.3 is 0 Å². The molecule has 1 fully saturated rings. The van der Waals surface area contributed by atoms with Crippen LogP contribution in [0.25, 0.3) is 5.70 Å². The minimum atomic E-state index is -0.754. The second-order valence-corrected chi connectivity index (χ2v) is 6.38. The van der Waals surface area contributed by atoms with Gasteiger partial charge in [0.2, 0.25) is 0 Å². The Hall–Kier alpha value is -2.63. The van der Waals surface area contributed by atoms with Crippen molar-refractivity contribution in [3.05, 3.63) is 73.2 Å². The molecule has 2 atom stereocenters. The van der Waals surface area contributed by atoms with Crippen LogP contribution in [0.2, 0.25) is 0 Å². The van der Waals surface area contributed by atoms with Crippen LogP contribution in [-0.2, 0) is 0 Å². The van der Waals surface area contributed by atoms with Gasteiger partial charge in [-0.25, -0.2) is 0 Å². The number of nitrogens with two attached hydrogens (primary N) is 1. The van der Waals surface area contributed by atoms with Gasteiger partial charge in [0.05, 0.1) is 11.7 Å². The summed E-state index contributed by atoms with van der Waals surface area (Å²) in [7, 11) is 0. The van der Waals surface area contributed by atoms with E-state index in [4.69, 9.17) is 5.73 Å². The first-order chi connectivity index (χ1) is 12.4. The Bertz CT molecular complexity index is 750. The lowest BCUT2D eigenvalue weighted by atomic mass is 9.97. The summed E-state index contributed by atoms with van der Waals surface area (Å²) in [6.45, 7) is 18.5. The maximum Gasteiger partial charge on any atom is 0.101 e. The van der Waals surface area contributed by atoms with Gasteiger partial charge in [0.1, 0.15) is 6.10 Å². The molecule has 4 N–H and O–H groups in total. The standard InChI is InChI=1S/C21H28N4O/c1-6-25(21-11-10-14(2)24-16(21)4)17(5)19-8-7-9-20(15(19)3)23-13-18(26)12-22/h6-9,13,18,21,24,26H,1-2,4-5,10-12,22H2,3H3/b23-13+. The Labute approximate surface area is 155 Å². The molecule has 1 saturated heterocycles. The van der Waals surface area contributed by atoms with E-state index in [1.165, 1.54) is 6.21 Å². The molecule has 1 aromatic carbocycles. The Kier molecular flexibility index (Phi) is 6.55. The molecule has 1 aromatic rings. The zero-order valence-electron chi connectivity index (χ0n) is 15.4. The summed E-state index contributed by atoms with van der Waals surface area (Å²) in [5.41, 5.74) is 10.8. The van der Waals surface area contributed by atoms with Gasteiger partial charge < -0.3 is 21.1 Å². The maximum absolute atomic E-state index is 9.60. The molecular formula is C21H28N4O. The van der Waals surface area contributed by atoms with E-state index < -0.39 is 6.10 Å². The van der Waals surface area contributed by atoms with Gasteiger partial charge in [-0.15, -0.1) is 0 Å². The number of allylic oxidation sites excluding steroid dienone is 1. The quantitative estimate of drug-likeness (QED) is 0.659. The van der Waals surface area contributed by atoms with Crippen molar-refractivity contribution in [2.75, 3.05) is 6.54 Å². The number of hydrogen-bond donors (Lipinski definition) is 3. The van der Waals surface area contributed by atoms with Crippen LogP contribution in [0.15, 0.2) is 67.1 Å². The number of aliphatic imine (C=N–C) groups is 1. The van der Waals surface area contributed by atoms with Crippen molar-refractivity contribution in [1.29, 1.82) is 0 Å². The summed E-state index contributed by atoms with van der Waals surface area (Å²) in [6, 6.07) is 5.89. The van der Waals surface area contributed by atoms with Gasteiger partial charge in [0, 0.05) is 35.4 Å². The Morgan fingerprint density at radius 2 is 2.23 bits per heavy atom. The van der Waals surface area contributed by atoms with Crippen molar-refractivity contribution in [2.45, 2.75) is 31.9 Å². The first-order valence-corrected chi connectivity index (χ1v) is 8.64. The molecule has 2 unspecified atom stereocenters. The van der Waals surface area contributed by atoms with Crippen LogP contribution >= 0.6 is 0 Å². The van der Waals surface area contributed by atoms with E-state index in [1.54, 1.807) is 6.20 Å². The predicted molar refractivity (Wildman–Crippen MR) is 110 cm³/mol. The van der Waals surface area contributed by atoms with Crippen molar-refractivity contribution < 1.29 is 5.11 Å². The van der Waals surface area contributed by atoms with Crippen LogP contribution in [0.3, 0.4) is 0 Å².